The second kappa shape index (κ2) is 5.63. The lowest BCUT2D eigenvalue weighted by Gasteiger charge is -2.36. The van der Waals surface area contributed by atoms with Gasteiger partial charge in [0.1, 0.15) is 0 Å². The number of carbonyl (C=O) groups is 2. The van der Waals surface area contributed by atoms with E-state index < -0.39 is 12.0 Å². The number of aliphatic carboxylic acids is 1. The maximum atomic E-state index is 12.4. The molecule has 5 heteroatoms. The molecule has 3 atom stereocenters. The van der Waals surface area contributed by atoms with Gasteiger partial charge in [-0.1, -0.05) is 31.2 Å². The summed E-state index contributed by atoms with van der Waals surface area (Å²) in [5.74, 6) is -1.58. The Labute approximate surface area is 118 Å². The second-order valence-corrected chi connectivity index (χ2v) is 5.37. The fourth-order valence-electron chi connectivity index (χ4n) is 2.56. The van der Waals surface area contributed by atoms with Crippen molar-refractivity contribution in [1.82, 2.24) is 4.90 Å². The van der Waals surface area contributed by atoms with Crippen molar-refractivity contribution in [3.05, 3.63) is 35.4 Å². The topological polar surface area (TPSA) is 83.6 Å². The summed E-state index contributed by atoms with van der Waals surface area (Å²) in [6, 6.07) is 6.19. The number of carboxylic acids is 1. The van der Waals surface area contributed by atoms with Crippen LogP contribution in [0, 0.1) is 5.92 Å². The molecule has 0 spiro atoms. The van der Waals surface area contributed by atoms with E-state index >= 15 is 0 Å². The number of nitrogens with zero attached hydrogens (tertiary/aromatic N) is 1. The molecule has 108 valence electrons. The predicted octanol–water partition coefficient (Wildman–Crippen LogP) is 1.18. The summed E-state index contributed by atoms with van der Waals surface area (Å²) in [6.07, 6.45) is 0.678. The summed E-state index contributed by atoms with van der Waals surface area (Å²) in [6.45, 7) is 3.92. The summed E-state index contributed by atoms with van der Waals surface area (Å²) in [5, 5.41) is 9.50. The standard InChI is InChI=1S/C15H20N2O3/c1-9(10(2)16)14(18)17-8-7-11-5-3-4-6-12(11)13(17)15(19)20/h3-6,9-10,13H,7-8,16H2,1-2H3,(H,19,20). The first-order valence-electron chi connectivity index (χ1n) is 6.80. The summed E-state index contributed by atoms with van der Waals surface area (Å²) in [7, 11) is 0. The van der Waals surface area contributed by atoms with Crippen molar-refractivity contribution in [2.24, 2.45) is 11.7 Å². The van der Waals surface area contributed by atoms with Crippen LogP contribution in [0.5, 0.6) is 0 Å². The Kier molecular flexibility index (Phi) is 4.09. The van der Waals surface area contributed by atoms with E-state index in [-0.39, 0.29) is 17.9 Å². The van der Waals surface area contributed by atoms with E-state index in [0.29, 0.717) is 18.5 Å². The van der Waals surface area contributed by atoms with Crippen LogP contribution < -0.4 is 5.73 Å². The predicted molar refractivity (Wildman–Crippen MR) is 75.0 cm³/mol. The van der Waals surface area contributed by atoms with Gasteiger partial charge in [-0.3, -0.25) is 4.79 Å². The Morgan fingerprint density at radius 2 is 2.00 bits per heavy atom. The van der Waals surface area contributed by atoms with Crippen molar-refractivity contribution in [2.45, 2.75) is 32.4 Å². The van der Waals surface area contributed by atoms with Crippen LogP contribution in [0.25, 0.3) is 0 Å². The third-order valence-electron chi connectivity index (χ3n) is 3.98. The number of amides is 1. The smallest absolute Gasteiger partial charge is 0.331 e. The van der Waals surface area contributed by atoms with Gasteiger partial charge in [0, 0.05) is 12.6 Å². The lowest BCUT2D eigenvalue weighted by molar-refractivity contribution is -0.153. The molecule has 5 nitrogen and oxygen atoms in total. The highest BCUT2D eigenvalue weighted by Gasteiger charge is 2.37. The first-order chi connectivity index (χ1) is 9.43. The third-order valence-corrected chi connectivity index (χ3v) is 3.98. The molecule has 3 unspecified atom stereocenters. The molecule has 0 bridgehead atoms. The molecule has 2 rings (SSSR count). The zero-order valence-corrected chi connectivity index (χ0v) is 11.7. The first-order valence-corrected chi connectivity index (χ1v) is 6.80. The molecule has 0 radical (unpaired) electrons. The van der Waals surface area contributed by atoms with E-state index in [0.717, 1.165) is 5.56 Å². The first kappa shape index (κ1) is 14.5. The van der Waals surface area contributed by atoms with Crippen molar-refractivity contribution in [3.8, 4) is 0 Å². The van der Waals surface area contributed by atoms with Crippen LogP contribution in [0.3, 0.4) is 0 Å². The van der Waals surface area contributed by atoms with Gasteiger partial charge in [0.15, 0.2) is 6.04 Å². The van der Waals surface area contributed by atoms with E-state index in [2.05, 4.69) is 0 Å². The normalized spacial score (nSPS) is 20.9. The number of carbonyl (C=O) groups excluding carboxylic acids is 1. The van der Waals surface area contributed by atoms with Crippen LogP contribution in [0.15, 0.2) is 24.3 Å². The molecular formula is C15H20N2O3. The lowest BCUT2D eigenvalue weighted by atomic mass is 9.90. The van der Waals surface area contributed by atoms with Gasteiger partial charge in [-0.15, -0.1) is 0 Å². The highest BCUT2D eigenvalue weighted by atomic mass is 16.4. The average molecular weight is 276 g/mol. The summed E-state index contributed by atoms with van der Waals surface area (Å²) in [4.78, 5) is 25.5. The van der Waals surface area contributed by atoms with Gasteiger partial charge in [-0.05, 0) is 24.5 Å². The van der Waals surface area contributed by atoms with Crippen LogP contribution in [-0.2, 0) is 16.0 Å². The van der Waals surface area contributed by atoms with Crippen LogP contribution in [0.4, 0.5) is 0 Å². The zero-order valence-electron chi connectivity index (χ0n) is 11.7. The fraction of sp³-hybridized carbons (Fsp3) is 0.467. The number of benzene rings is 1. The minimum atomic E-state index is -0.998. The lowest BCUT2D eigenvalue weighted by Crippen LogP contribution is -2.48. The Morgan fingerprint density at radius 3 is 2.60 bits per heavy atom. The third kappa shape index (κ3) is 2.54. The summed E-state index contributed by atoms with van der Waals surface area (Å²) >= 11 is 0. The minimum absolute atomic E-state index is 0.193. The van der Waals surface area contributed by atoms with Crippen LogP contribution in [0.2, 0.25) is 0 Å². The van der Waals surface area contributed by atoms with Gasteiger partial charge < -0.3 is 15.7 Å². The molecule has 0 saturated carbocycles. The average Bonchev–Trinajstić information content (AvgIpc) is 2.44. The maximum absolute atomic E-state index is 12.4. The minimum Gasteiger partial charge on any atom is -0.479 e. The van der Waals surface area contributed by atoms with Gasteiger partial charge in [0.2, 0.25) is 5.91 Å². The summed E-state index contributed by atoms with van der Waals surface area (Å²) in [5.41, 5.74) is 7.47. The van der Waals surface area contributed by atoms with Gasteiger partial charge in [-0.25, -0.2) is 4.79 Å². The van der Waals surface area contributed by atoms with Gasteiger partial charge in [0.05, 0.1) is 5.92 Å². The second-order valence-electron chi connectivity index (χ2n) is 5.37. The van der Waals surface area contributed by atoms with Crippen LogP contribution in [-0.4, -0.2) is 34.5 Å². The van der Waals surface area contributed by atoms with Crippen LogP contribution >= 0.6 is 0 Å². The molecular weight excluding hydrogens is 256 g/mol. The molecule has 1 heterocycles. The van der Waals surface area contributed by atoms with E-state index in [4.69, 9.17) is 5.73 Å². The largest absolute Gasteiger partial charge is 0.479 e. The van der Waals surface area contributed by atoms with E-state index in [1.54, 1.807) is 26.0 Å². The Balaban J connectivity index is 2.36. The number of rotatable bonds is 3. The van der Waals surface area contributed by atoms with Crippen molar-refractivity contribution in [2.75, 3.05) is 6.54 Å². The van der Waals surface area contributed by atoms with E-state index in [9.17, 15) is 14.7 Å². The zero-order chi connectivity index (χ0) is 14.9. The van der Waals surface area contributed by atoms with Crippen molar-refractivity contribution in [1.29, 1.82) is 0 Å². The molecule has 1 aromatic rings. The molecule has 1 aliphatic heterocycles. The Bertz CT molecular complexity index is 528. The van der Waals surface area contributed by atoms with Gasteiger partial charge in [-0.2, -0.15) is 0 Å². The van der Waals surface area contributed by atoms with Crippen LogP contribution in [0.1, 0.15) is 31.0 Å². The molecule has 3 N–H and O–H groups in total. The molecule has 1 aromatic carbocycles. The fourth-order valence-corrected chi connectivity index (χ4v) is 2.56. The number of carboxylic acid groups (broad SMARTS) is 1. The van der Waals surface area contributed by atoms with E-state index in [1.807, 2.05) is 12.1 Å². The Morgan fingerprint density at radius 1 is 1.35 bits per heavy atom. The molecule has 0 aromatic heterocycles. The maximum Gasteiger partial charge on any atom is 0.331 e. The molecule has 1 aliphatic rings. The number of fused-ring (bicyclic) bond motifs is 1. The highest BCUT2D eigenvalue weighted by Crippen LogP contribution is 2.31. The molecule has 20 heavy (non-hydrogen) atoms. The quantitative estimate of drug-likeness (QED) is 0.868. The molecule has 0 fully saturated rings. The van der Waals surface area contributed by atoms with Gasteiger partial charge in [0.25, 0.3) is 0 Å². The molecule has 0 saturated heterocycles. The number of hydrogen-bond donors (Lipinski definition) is 2. The van der Waals surface area contributed by atoms with Crippen molar-refractivity contribution in [3.63, 3.8) is 0 Å². The molecule has 0 aliphatic carbocycles. The van der Waals surface area contributed by atoms with E-state index in [1.165, 1.54) is 4.90 Å². The Hall–Kier alpha value is -1.88. The molecule has 1 amide bonds. The SMILES string of the molecule is CC(N)C(C)C(=O)N1CCc2ccccc2C1C(=O)O. The van der Waals surface area contributed by atoms with Crippen molar-refractivity contribution >= 4 is 11.9 Å². The summed E-state index contributed by atoms with van der Waals surface area (Å²) < 4.78 is 0. The number of hydrogen-bond acceptors (Lipinski definition) is 3. The van der Waals surface area contributed by atoms with Gasteiger partial charge >= 0.3 is 5.97 Å². The highest BCUT2D eigenvalue weighted by molar-refractivity contribution is 5.87. The number of nitrogens with two attached hydrogens (primary N) is 1. The monoisotopic (exact) mass is 276 g/mol. The van der Waals surface area contributed by atoms with Crippen molar-refractivity contribution < 1.29 is 14.7 Å².